The van der Waals surface area contributed by atoms with Crippen LogP contribution in [0.5, 0.6) is 0 Å². The Hall–Kier alpha value is 0.0300. The van der Waals surface area contributed by atoms with E-state index >= 15 is 0 Å². The maximum absolute atomic E-state index is 8.22. The first-order valence-corrected chi connectivity index (χ1v) is 2.86. The summed E-state index contributed by atoms with van der Waals surface area (Å²) in [5, 5.41) is 8.22. The number of halogens is 2. The van der Waals surface area contributed by atoms with E-state index in [0.29, 0.717) is 0 Å². The second-order valence-electron chi connectivity index (χ2n) is 1.70. The van der Waals surface area contributed by atoms with E-state index in [0.717, 1.165) is 0 Å². The van der Waals surface area contributed by atoms with Gasteiger partial charge in [-0.2, -0.15) is 5.26 Å². The summed E-state index contributed by atoms with van der Waals surface area (Å²) >= 11 is 10.6. The van der Waals surface area contributed by atoms with Gasteiger partial charge in [-0.05, 0) is 6.92 Å². The summed E-state index contributed by atoms with van der Waals surface area (Å²) in [6.07, 6.45) is 0. The molecule has 46 valence electrons. The first-order valence-electron chi connectivity index (χ1n) is 1.99. The fraction of sp³-hybridized carbons (Fsp3) is 0.750. The van der Waals surface area contributed by atoms with E-state index in [1.165, 1.54) is 6.92 Å². The Morgan fingerprint density at radius 2 is 2.12 bits per heavy atom. The summed E-state index contributed by atoms with van der Waals surface area (Å²) in [5.74, 6) is 0. The zero-order chi connectivity index (χ0) is 6.78. The van der Waals surface area contributed by atoms with Crippen LogP contribution in [-0.4, -0.2) is 10.4 Å². The van der Waals surface area contributed by atoms with Crippen LogP contribution in [0.4, 0.5) is 0 Å². The minimum atomic E-state index is -1.12. The summed E-state index contributed by atoms with van der Waals surface area (Å²) in [4.78, 5) is -0.826. The average molecular weight is 153 g/mol. The summed E-state index contributed by atoms with van der Waals surface area (Å²) in [5.41, 5.74) is 4.11. The lowest BCUT2D eigenvalue weighted by Gasteiger charge is -2.14. The smallest absolute Gasteiger partial charge is 0.138 e. The van der Waals surface area contributed by atoms with E-state index in [1.54, 1.807) is 6.07 Å². The fourth-order valence-corrected chi connectivity index (χ4v) is 0.146. The molecule has 0 aromatic heterocycles. The number of rotatable bonds is 1. The van der Waals surface area contributed by atoms with Crippen LogP contribution in [-0.2, 0) is 0 Å². The van der Waals surface area contributed by atoms with E-state index < -0.39 is 10.4 Å². The highest BCUT2D eigenvalue weighted by Gasteiger charge is 2.25. The molecule has 0 bridgehead atoms. The molecule has 0 spiro atoms. The molecule has 8 heavy (non-hydrogen) atoms. The zero-order valence-corrected chi connectivity index (χ0v) is 5.87. The SMILES string of the molecule is CC(N)(C#N)C(Cl)Cl. The van der Waals surface area contributed by atoms with Crippen molar-refractivity contribution in [1.29, 1.82) is 5.26 Å². The van der Waals surface area contributed by atoms with Crippen LogP contribution in [0.1, 0.15) is 6.92 Å². The largest absolute Gasteiger partial charge is 0.311 e. The molecule has 0 aromatic rings. The molecule has 0 radical (unpaired) electrons. The molecular formula is C4H6Cl2N2. The van der Waals surface area contributed by atoms with E-state index in [9.17, 15) is 0 Å². The third-order valence-electron chi connectivity index (χ3n) is 0.694. The lowest BCUT2D eigenvalue weighted by molar-refractivity contribution is 0.647. The van der Waals surface area contributed by atoms with E-state index in [2.05, 4.69) is 0 Å². The first-order chi connectivity index (χ1) is 3.50. The number of alkyl halides is 2. The van der Waals surface area contributed by atoms with Gasteiger partial charge in [0.05, 0.1) is 6.07 Å². The third kappa shape index (κ3) is 1.87. The molecule has 2 N–H and O–H groups in total. The van der Waals surface area contributed by atoms with Crippen molar-refractivity contribution in [2.45, 2.75) is 17.3 Å². The van der Waals surface area contributed by atoms with E-state index in [4.69, 9.17) is 34.2 Å². The second-order valence-corrected chi connectivity index (χ2v) is 2.79. The minimum Gasteiger partial charge on any atom is -0.311 e. The zero-order valence-electron chi connectivity index (χ0n) is 4.36. The summed E-state index contributed by atoms with van der Waals surface area (Å²) < 4.78 is 0. The van der Waals surface area contributed by atoms with Crippen LogP contribution in [0.2, 0.25) is 0 Å². The van der Waals surface area contributed by atoms with Gasteiger partial charge in [0, 0.05) is 0 Å². The monoisotopic (exact) mass is 152 g/mol. The van der Waals surface area contributed by atoms with E-state index in [-0.39, 0.29) is 0 Å². The molecule has 0 amide bonds. The number of hydrogen-bond donors (Lipinski definition) is 1. The lowest BCUT2D eigenvalue weighted by Crippen LogP contribution is -2.40. The van der Waals surface area contributed by atoms with Crippen LogP contribution in [0, 0.1) is 11.3 Å². The van der Waals surface area contributed by atoms with Gasteiger partial charge in [0.2, 0.25) is 0 Å². The third-order valence-corrected chi connectivity index (χ3v) is 1.60. The lowest BCUT2D eigenvalue weighted by atomic mass is 10.1. The van der Waals surface area contributed by atoms with Crippen molar-refractivity contribution in [2.75, 3.05) is 0 Å². The Bertz CT molecular complexity index is 114. The van der Waals surface area contributed by atoms with Crippen molar-refractivity contribution in [3.8, 4) is 6.07 Å². The van der Waals surface area contributed by atoms with Gasteiger partial charge in [-0.15, -0.1) is 23.2 Å². The fourth-order valence-electron chi connectivity index (χ4n) is 0.0488. The first kappa shape index (κ1) is 8.03. The highest BCUT2D eigenvalue weighted by Crippen LogP contribution is 2.15. The molecule has 0 fully saturated rings. The Kier molecular flexibility index (Phi) is 2.55. The van der Waals surface area contributed by atoms with Crippen LogP contribution < -0.4 is 5.73 Å². The maximum Gasteiger partial charge on any atom is 0.138 e. The van der Waals surface area contributed by atoms with Crippen molar-refractivity contribution in [3.05, 3.63) is 0 Å². The van der Waals surface area contributed by atoms with Gasteiger partial charge in [-0.1, -0.05) is 0 Å². The molecule has 1 atom stereocenters. The number of nitrogens with two attached hydrogens (primary N) is 1. The molecule has 4 heteroatoms. The molecular weight excluding hydrogens is 147 g/mol. The molecule has 0 aliphatic carbocycles. The quantitative estimate of drug-likeness (QED) is 0.572. The van der Waals surface area contributed by atoms with Crippen molar-refractivity contribution in [1.82, 2.24) is 0 Å². The predicted molar refractivity (Wildman–Crippen MR) is 33.7 cm³/mol. The second kappa shape index (κ2) is 2.54. The van der Waals surface area contributed by atoms with Gasteiger partial charge in [0.15, 0.2) is 0 Å². The van der Waals surface area contributed by atoms with Gasteiger partial charge in [0.1, 0.15) is 10.4 Å². The highest BCUT2D eigenvalue weighted by atomic mass is 35.5. The summed E-state index contributed by atoms with van der Waals surface area (Å²) in [7, 11) is 0. The van der Waals surface area contributed by atoms with E-state index in [1.807, 2.05) is 0 Å². The Labute approximate surface area is 58.2 Å². The molecule has 1 unspecified atom stereocenters. The van der Waals surface area contributed by atoms with Gasteiger partial charge >= 0.3 is 0 Å². The summed E-state index contributed by atoms with van der Waals surface area (Å²) in [6.45, 7) is 1.47. The van der Waals surface area contributed by atoms with Crippen molar-refractivity contribution in [2.24, 2.45) is 5.73 Å². The van der Waals surface area contributed by atoms with Crippen molar-refractivity contribution < 1.29 is 0 Å². The van der Waals surface area contributed by atoms with Gasteiger partial charge in [0.25, 0.3) is 0 Å². The molecule has 0 aliphatic rings. The summed E-state index contributed by atoms with van der Waals surface area (Å²) in [6, 6.07) is 1.75. The van der Waals surface area contributed by atoms with Crippen LogP contribution in [0.3, 0.4) is 0 Å². The average Bonchev–Trinajstić information content (AvgIpc) is 1.67. The highest BCUT2D eigenvalue weighted by molar-refractivity contribution is 6.45. The maximum atomic E-state index is 8.22. The predicted octanol–water partition coefficient (Wildman–Crippen LogP) is 1.03. The molecule has 0 saturated carbocycles. The topological polar surface area (TPSA) is 49.8 Å². The van der Waals surface area contributed by atoms with Gasteiger partial charge in [-0.3, -0.25) is 0 Å². The molecule has 0 heterocycles. The normalized spacial score (nSPS) is 17.5. The van der Waals surface area contributed by atoms with Crippen LogP contribution >= 0.6 is 23.2 Å². The number of nitrogens with zero attached hydrogens (tertiary/aromatic N) is 1. The standard InChI is InChI=1S/C4H6Cl2N2/c1-4(8,2-7)3(5)6/h3H,8H2,1H3. The molecule has 0 aliphatic heterocycles. The Balaban J connectivity index is 3.97. The van der Waals surface area contributed by atoms with Gasteiger partial charge < -0.3 is 5.73 Å². The van der Waals surface area contributed by atoms with Crippen LogP contribution in [0.25, 0.3) is 0 Å². The minimum absolute atomic E-state index is 0.826. The molecule has 2 nitrogen and oxygen atoms in total. The number of hydrogen-bond acceptors (Lipinski definition) is 2. The number of nitriles is 1. The molecule has 0 aromatic carbocycles. The molecule has 0 saturated heterocycles. The van der Waals surface area contributed by atoms with Crippen molar-refractivity contribution >= 4 is 23.2 Å². The van der Waals surface area contributed by atoms with Crippen molar-refractivity contribution in [3.63, 3.8) is 0 Å². The van der Waals surface area contributed by atoms with Gasteiger partial charge in [-0.25, -0.2) is 0 Å². The Morgan fingerprint density at radius 1 is 1.75 bits per heavy atom. The Morgan fingerprint density at radius 3 is 2.12 bits per heavy atom. The van der Waals surface area contributed by atoms with Crippen LogP contribution in [0.15, 0.2) is 0 Å². The molecule has 0 rings (SSSR count).